The van der Waals surface area contributed by atoms with E-state index in [1.807, 2.05) is 0 Å². The molecule has 0 fully saturated rings. The lowest BCUT2D eigenvalue weighted by atomic mass is 10.3. The molecule has 0 aromatic rings. The molecule has 0 atom stereocenters. The number of hydrogen-bond acceptors (Lipinski definition) is 3. The van der Waals surface area contributed by atoms with Crippen molar-refractivity contribution in [2.45, 2.75) is 46.2 Å². The van der Waals surface area contributed by atoms with Crippen molar-refractivity contribution < 1.29 is 0 Å². The van der Waals surface area contributed by atoms with Crippen LogP contribution in [0.2, 0.25) is 0 Å². The fourth-order valence-corrected chi connectivity index (χ4v) is 1.03. The second-order valence-electron chi connectivity index (χ2n) is 3.72. The summed E-state index contributed by atoms with van der Waals surface area (Å²) in [6.45, 7) is 10.8. The molecule has 0 aromatic heterocycles. The first-order valence-corrected chi connectivity index (χ1v) is 5.13. The van der Waals surface area contributed by atoms with Crippen molar-refractivity contribution in [3.05, 3.63) is 0 Å². The number of thiol groups is 1. The molecular weight excluding hydrogens is 168 g/mol. The monoisotopic (exact) mass is 190 g/mol. The second-order valence-corrected chi connectivity index (χ2v) is 4.23. The first-order chi connectivity index (χ1) is 5.54. The van der Waals surface area contributed by atoms with Crippen LogP contribution in [0.5, 0.6) is 0 Å². The van der Waals surface area contributed by atoms with Gasteiger partial charge in [0, 0.05) is 18.6 Å². The molecule has 3 heteroatoms. The van der Waals surface area contributed by atoms with Crippen LogP contribution >= 0.6 is 12.8 Å². The topological polar surface area (TPSA) is 15.3 Å². The molecule has 0 aliphatic heterocycles. The molecule has 0 unspecified atom stereocenters. The number of rotatable bonds is 6. The molecule has 12 heavy (non-hydrogen) atoms. The maximum Gasteiger partial charge on any atom is 0.0143 e. The van der Waals surface area contributed by atoms with Gasteiger partial charge in [0.15, 0.2) is 0 Å². The summed E-state index contributed by atoms with van der Waals surface area (Å²) in [7, 11) is 0. The molecule has 0 amide bonds. The van der Waals surface area contributed by atoms with E-state index in [9.17, 15) is 0 Å². The van der Waals surface area contributed by atoms with Gasteiger partial charge < -0.3 is 5.32 Å². The Morgan fingerprint density at radius 2 is 1.83 bits per heavy atom. The summed E-state index contributed by atoms with van der Waals surface area (Å²) < 4.78 is 2.07. The smallest absolute Gasteiger partial charge is 0.0143 e. The lowest BCUT2D eigenvalue weighted by Crippen LogP contribution is -2.28. The van der Waals surface area contributed by atoms with E-state index in [4.69, 9.17) is 0 Å². The minimum atomic E-state index is 0.535. The zero-order valence-corrected chi connectivity index (χ0v) is 9.56. The molecular formula is C9H22N2S. The summed E-state index contributed by atoms with van der Waals surface area (Å²) in [6, 6.07) is 1.13. The van der Waals surface area contributed by atoms with Gasteiger partial charge in [-0.2, -0.15) is 0 Å². The third-order valence-corrected chi connectivity index (χ3v) is 2.37. The van der Waals surface area contributed by atoms with Crippen molar-refractivity contribution in [3.8, 4) is 0 Å². The number of nitrogens with zero attached hydrogens (tertiary/aromatic N) is 1. The van der Waals surface area contributed by atoms with Crippen LogP contribution < -0.4 is 5.32 Å². The molecule has 0 saturated carbocycles. The van der Waals surface area contributed by atoms with Gasteiger partial charge in [-0.15, -0.1) is 0 Å². The average Bonchev–Trinajstić information content (AvgIpc) is 1.97. The van der Waals surface area contributed by atoms with Crippen molar-refractivity contribution in [3.63, 3.8) is 0 Å². The zero-order chi connectivity index (χ0) is 9.56. The summed E-state index contributed by atoms with van der Waals surface area (Å²) in [6.07, 6.45) is 1.17. The highest BCUT2D eigenvalue weighted by molar-refractivity contribution is 7.77. The minimum Gasteiger partial charge on any atom is -0.314 e. The average molecular weight is 190 g/mol. The summed E-state index contributed by atoms with van der Waals surface area (Å²) in [5.74, 6) is 0. The predicted octanol–water partition coefficient (Wildman–Crippen LogP) is 1.93. The van der Waals surface area contributed by atoms with Crippen LogP contribution in [0.25, 0.3) is 0 Å². The van der Waals surface area contributed by atoms with Crippen LogP contribution in [0.4, 0.5) is 0 Å². The van der Waals surface area contributed by atoms with Gasteiger partial charge in [0.1, 0.15) is 0 Å². The highest BCUT2D eigenvalue weighted by Crippen LogP contribution is 2.01. The second kappa shape index (κ2) is 6.75. The molecule has 0 radical (unpaired) electrons. The van der Waals surface area contributed by atoms with Gasteiger partial charge in [-0.05, 0) is 26.8 Å². The normalized spacial score (nSPS) is 12.0. The van der Waals surface area contributed by atoms with Crippen LogP contribution in [0.15, 0.2) is 0 Å². The molecule has 2 nitrogen and oxygen atoms in total. The SMILES string of the molecule is CC(C)NCCCN(S)C(C)C. The Bertz CT molecular complexity index is 105. The van der Waals surface area contributed by atoms with E-state index in [2.05, 4.69) is 50.1 Å². The summed E-state index contributed by atoms with van der Waals surface area (Å²) >= 11 is 4.36. The minimum absolute atomic E-state index is 0.535. The predicted molar refractivity (Wildman–Crippen MR) is 58.6 cm³/mol. The van der Waals surface area contributed by atoms with Crippen LogP contribution in [-0.2, 0) is 0 Å². The Kier molecular flexibility index (Phi) is 6.90. The number of nitrogens with one attached hydrogen (secondary N) is 1. The maximum absolute atomic E-state index is 4.36. The van der Waals surface area contributed by atoms with Gasteiger partial charge in [-0.1, -0.05) is 26.7 Å². The van der Waals surface area contributed by atoms with Gasteiger partial charge in [0.05, 0.1) is 0 Å². The maximum atomic E-state index is 4.36. The highest BCUT2D eigenvalue weighted by atomic mass is 32.1. The van der Waals surface area contributed by atoms with Gasteiger partial charge >= 0.3 is 0 Å². The molecule has 0 saturated heterocycles. The number of hydrogen-bond donors (Lipinski definition) is 2. The highest BCUT2D eigenvalue weighted by Gasteiger charge is 2.02. The fraction of sp³-hybridized carbons (Fsp3) is 1.00. The van der Waals surface area contributed by atoms with Crippen molar-refractivity contribution in [1.29, 1.82) is 0 Å². The van der Waals surface area contributed by atoms with E-state index in [1.165, 1.54) is 6.42 Å². The third-order valence-electron chi connectivity index (χ3n) is 1.71. The molecule has 74 valence electrons. The van der Waals surface area contributed by atoms with Gasteiger partial charge in [0.25, 0.3) is 0 Å². The Morgan fingerprint density at radius 3 is 2.25 bits per heavy atom. The van der Waals surface area contributed by atoms with Crippen LogP contribution in [0.3, 0.4) is 0 Å². The van der Waals surface area contributed by atoms with Crippen molar-refractivity contribution in [2.75, 3.05) is 13.1 Å². The van der Waals surface area contributed by atoms with E-state index in [0.717, 1.165) is 13.1 Å². The summed E-state index contributed by atoms with van der Waals surface area (Å²) in [5, 5.41) is 3.38. The van der Waals surface area contributed by atoms with Crippen molar-refractivity contribution in [2.24, 2.45) is 0 Å². The van der Waals surface area contributed by atoms with Crippen LogP contribution in [0, 0.1) is 0 Å². The first-order valence-electron chi connectivity index (χ1n) is 4.73. The molecule has 0 spiro atoms. The lowest BCUT2D eigenvalue weighted by Gasteiger charge is -2.19. The molecule has 0 aliphatic carbocycles. The van der Waals surface area contributed by atoms with E-state index < -0.39 is 0 Å². The van der Waals surface area contributed by atoms with Crippen LogP contribution in [0.1, 0.15) is 34.1 Å². The van der Waals surface area contributed by atoms with E-state index in [0.29, 0.717) is 12.1 Å². The Labute approximate surface area is 82.3 Å². The molecule has 0 aliphatic rings. The molecule has 0 heterocycles. The first kappa shape index (κ1) is 12.3. The van der Waals surface area contributed by atoms with E-state index in [1.54, 1.807) is 0 Å². The Morgan fingerprint density at radius 1 is 1.25 bits per heavy atom. The van der Waals surface area contributed by atoms with Gasteiger partial charge in [-0.3, -0.25) is 4.31 Å². The standard InChI is InChI=1S/C9H22N2S/c1-8(2)10-6-5-7-11(12)9(3)4/h8-10,12H,5-7H2,1-4H3. The fourth-order valence-electron chi connectivity index (χ4n) is 0.890. The van der Waals surface area contributed by atoms with Gasteiger partial charge in [0.2, 0.25) is 0 Å². The van der Waals surface area contributed by atoms with E-state index in [-0.39, 0.29) is 0 Å². The summed E-state index contributed by atoms with van der Waals surface area (Å²) in [4.78, 5) is 0. The molecule has 0 bridgehead atoms. The van der Waals surface area contributed by atoms with Crippen molar-refractivity contribution >= 4 is 12.8 Å². The zero-order valence-electron chi connectivity index (χ0n) is 8.67. The molecule has 1 N–H and O–H groups in total. The molecule has 0 rings (SSSR count). The van der Waals surface area contributed by atoms with Crippen LogP contribution in [-0.4, -0.2) is 29.5 Å². The third kappa shape index (κ3) is 6.95. The summed E-state index contributed by atoms with van der Waals surface area (Å²) in [5.41, 5.74) is 0. The van der Waals surface area contributed by atoms with E-state index >= 15 is 0 Å². The molecule has 0 aromatic carbocycles. The largest absolute Gasteiger partial charge is 0.314 e. The quantitative estimate of drug-likeness (QED) is 0.491. The Hall–Kier alpha value is 0.270. The lowest BCUT2D eigenvalue weighted by molar-refractivity contribution is 0.387. The Balaban J connectivity index is 3.20. The van der Waals surface area contributed by atoms with Gasteiger partial charge in [-0.25, -0.2) is 0 Å². The van der Waals surface area contributed by atoms with Crippen molar-refractivity contribution in [1.82, 2.24) is 9.62 Å².